The number of aromatic amines is 2. The highest BCUT2D eigenvalue weighted by molar-refractivity contribution is 5.95. The van der Waals surface area contributed by atoms with Gasteiger partial charge in [-0.25, -0.2) is 9.78 Å². The standard InChI is InChI=1S/C12H12N4O5/c1-5-4-6(10(19)13-3-2-7(17)18)14-9-8(5)11(20)16-12(21)15-9/h4H,2-3H2,1H3,(H,13,19)(H,17,18)(H2,14,15,16,20,21). The Morgan fingerprint density at radius 1 is 1.33 bits per heavy atom. The fourth-order valence-corrected chi connectivity index (χ4v) is 1.84. The molecule has 0 aromatic carbocycles. The van der Waals surface area contributed by atoms with Gasteiger partial charge in [-0.1, -0.05) is 0 Å². The molecule has 9 heteroatoms. The molecule has 0 aliphatic rings. The van der Waals surface area contributed by atoms with Crippen molar-refractivity contribution in [2.45, 2.75) is 13.3 Å². The van der Waals surface area contributed by atoms with Crippen LogP contribution < -0.4 is 16.6 Å². The van der Waals surface area contributed by atoms with E-state index < -0.39 is 23.1 Å². The van der Waals surface area contributed by atoms with E-state index in [4.69, 9.17) is 5.11 Å². The summed E-state index contributed by atoms with van der Waals surface area (Å²) in [5.74, 6) is -1.61. The van der Waals surface area contributed by atoms with Crippen LogP contribution in [0.15, 0.2) is 15.7 Å². The molecule has 4 N–H and O–H groups in total. The van der Waals surface area contributed by atoms with Crippen LogP contribution in [0.1, 0.15) is 22.5 Å². The van der Waals surface area contributed by atoms with Crippen LogP contribution in [0.5, 0.6) is 0 Å². The van der Waals surface area contributed by atoms with Crippen molar-refractivity contribution in [1.82, 2.24) is 20.3 Å². The second-order valence-electron chi connectivity index (χ2n) is 4.36. The Kier molecular flexibility index (Phi) is 3.83. The lowest BCUT2D eigenvalue weighted by Crippen LogP contribution is -2.28. The number of amides is 1. The number of H-pyrrole nitrogens is 2. The number of carboxylic acid groups (broad SMARTS) is 1. The third kappa shape index (κ3) is 3.14. The molecule has 2 heterocycles. The molecule has 0 bridgehead atoms. The summed E-state index contributed by atoms with van der Waals surface area (Å²) < 4.78 is 0. The van der Waals surface area contributed by atoms with Gasteiger partial charge in [0.2, 0.25) is 0 Å². The zero-order valence-electron chi connectivity index (χ0n) is 11.0. The van der Waals surface area contributed by atoms with Gasteiger partial charge < -0.3 is 10.4 Å². The van der Waals surface area contributed by atoms with E-state index in [9.17, 15) is 19.2 Å². The maximum atomic E-state index is 11.8. The highest BCUT2D eigenvalue weighted by Crippen LogP contribution is 2.10. The molecule has 0 saturated carbocycles. The van der Waals surface area contributed by atoms with Crippen molar-refractivity contribution >= 4 is 22.9 Å². The lowest BCUT2D eigenvalue weighted by Gasteiger charge is -2.06. The van der Waals surface area contributed by atoms with E-state index >= 15 is 0 Å². The van der Waals surface area contributed by atoms with Gasteiger partial charge in [0.15, 0.2) is 0 Å². The first-order chi connectivity index (χ1) is 9.88. The van der Waals surface area contributed by atoms with E-state index in [0.717, 1.165) is 0 Å². The van der Waals surface area contributed by atoms with Crippen LogP contribution in [0.4, 0.5) is 0 Å². The predicted molar refractivity (Wildman–Crippen MR) is 72.3 cm³/mol. The van der Waals surface area contributed by atoms with E-state index in [2.05, 4.69) is 20.3 Å². The average molecular weight is 292 g/mol. The Hall–Kier alpha value is -2.97. The summed E-state index contributed by atoms with van der Waals surface area (Å²) in [4.78, 5) is 53.5. The Morgan fingerprint density at radius 3 is 2.71 bits per heavy atom. The number of rotatable bonds is 4. The van der Waals surface area contributed by atoms with E-state index in [1.165, 1.54) is 6.07 Å². The smallest absolute Gasteiger partial charge is 0.327 e. The van der Waals surface area contributed by atoms with Gasteiger partial charge in [-0.15, -0.1) is 0 Å². The van der Waals surface area contributed by atoms with Crippen molar-refractivity contribution in [2.24, 2.45) is 0 Å². The van der Waals surface area contributed by atoms with Gasteiger partial charge >= 0.3 is 11.7 Å². The molecule has 2 aromatic heterocycles. The number of fused-ring (bicyclic) bond motifs is 1. The molecule has 9 nitrogen and oxygen atoms in total. The summed E-state index contributed by atoms with van der Waals surface area (Å²) in [6.45, 7) is 1.56. The van der Waals surface area contributed by atoms with Crippen LogP contribution in [-0.4, -0.2) is 38.5 Å². The van der Waals surface area contributed by atoms with Crippen molar-refractivity contribution in [3.63, 3.8) is 0 Å². The van der Waals surface area contributed by atoms with Crippen molar-refractivity contribution < 1.29 is 14.7 Å². The molecular weight excluding hydrogens is 280 g/mol. The van der Waals surface area contributed by atoms with Crippen molar-refractivity contribution in [2.75, 3.05) is 6.54 Å². The second-order valence-corrected chi connectivity index (χ2v) is 4.36. The van der Waals surface area contributed by atoms with Crippen molar-refractivity contribution in [3.8, 4) is 0 Å². The number of aromatic nitrogens is 3. The quantitative estimate of drug-likeness (QED) is 0.576. The lowest BCUT2D eigenvalue weighted by atomic mass is 10.1. The SMILES string of the molecule is Cc1cc(C(=O)NCCC(=O)O)nc2[nH]c(=O)[nH]c(=O)c12. The molecule has 2 aromatic rings. The Labute approximate surface area is 117 Å². The molecule has 21 heavy (non-hydrogen) atoms. The highest BCUT2D eigenvalue weighted by Gasteiger charge is 2.13. The minimum absolute atomic E-state index is 0.00661. The molecule has 0 unspecified atom stereocenters. The maximum Gasteiger partial charge on any atom is 0.327 e. The van der Waals surface area contributed by atoms with Crippen LogP contribution in [0.25, 0.3) is 11.0 Å². The van der Waals surface area contributed by atoms with Crippen LogP contribution in [0.2, 0.25) is 0 Å². The third-order valence-corrected chi connectivity index (χ3v) is 2.76. The number of nitrogens with one attached hydrogen (secondary N) is 3. The number of hydrogen-bond acceptors (Lipinski definition) is 5. The van der Waals surface area contributed by atoms with Gasteiger partial charge in [-0.05, 0) is 18.6 Å². The van der Waals surface area contributed by atoms with Gasteiger partial charge in [0.05, 0.1) is 11.8 Å². The topological polar surface area (TPSA) is 145 Å². The molecule has 110 valence electrons. The first kappa shape index (κ1) is 14.4. The predicted octanol–water partition coefficient (Wildman–Crippen LogP) is -0.876. The Bertz CT molecular complexity index is 836. The molecule has 0 fully saturated rings. The normalized spacial score (nSPS) is 10.5. The Balaban J connectivity index is 2.38. The highest BCUT2D eigenvalue weighted by atomic mass is 16.4. The Morgan fingerprint density at radius 2 is 2.05 bits per heavy atom. The van der Waals surface area contributed by atoms with Gasteiger partial charge in [-0.2, -0.15) is 0 Å². The minimum Gasteiger partial charge on any atom is -0.481 e. The largest absolute Gasteiger partial charge is 0.481 e. The van der Waals surface area contributed by atoms with Crippen LogP contribution in [0.3, 0.4) is 0 Å². The van der Waals surface area contributed by atoms with Gasteiger partial charge in [0.25, 0.3) is 11.5 Å². The zero-order chi connectivity index (χ0) is 15.6. The van der Waals surface area contributed by atoms with Crippen LogP contribution >= 0.6 is 0 Å². The molecule has 2 rings (SSSR count). The van der Waals surface area contributed by atoms with Gasteiger partial charge in [0.1, 0.15) is 11.3 Å². The molecule has 0 spiro atoms. The minimum atomic E-state index is -1.03. The second kappa shape index (κ2) is 5.57. The molecule has 0 saturated heterocycles. The number of aliphatic carboxylic acids is 1. The van der Waals surface area contributed by atoms with E-state index in [1.807, 2.05) is 0 Å². The van der Waals surface area contributed by atoms with Crippen molar-refractivity contribution in [1.29, 1.82) is 0 Å². The average Bonchev–Trinajstić information content (AvgIpc) is 2.36. The van der Waals surface area contributed by atoms with Crippen LogP contribution in [-0.2, 0) is 4.79 Å². The molecular formula is C12H12N4O5. The monoisotopic (exact) mass is 292 g/mol. The first-order valence-corrected chi connectivity index (χ1v) is 6.02. The fourth-order valence-electron chi connectivity index (χ4n) is 1.84. The molecule has 0 atom stereocenters. The number of pyridine rings is 1. The summed E-state index contributed by atoms with van der Waals surface area (Å²) >= 11 is 0. The summed E-state index contributed by atoms with van der Waals surface area (Å²) in [7, 11) is 0. The van der Waals surface area contributed by atoms with E-state index in [-0.39, 0.29) is 29.7 Å². The van der Waals surface area contributed by atoms with Crippen molar-refractivity contribution in [3.05, 3.63) is 38.2 Å². The summed E-state index contributed by atoms with van der Waals surface area (Å²) in [5.41, 5.74) is -0.834. The van der Waals surface area contributed by atoms with E-state index in [1.54, 1.807) is 6.92 Å². The van der Waals surface area contributed by atoms with Gasteiger partial charge in [-0.3, -0.25) is 24.4 Å². The number of carbonyl (C=O) groups is 2. The third-order valence-electron chi connectivity index (χ3n) is 2.76. The number of carbonyl (C=O) groups excluding carboxylic acids is 1. The summed E-state index contributed by atoms with van der Waals surface area (Å²) in [5, 5.41) is 11.1. The molecule has 1 amide bonds. The number of aryl methyl sites for hydroxylation is 1. The fraction of sp³-hybridized carbons (Fsp3) is 0.250. The number of nitrogens with zero attached hydrogens (tertiary/aromatic N) is 1. The molecule has 0 aliphatic heterocycles. The zero-order valence-corrected chi connectivity index (χ0v) is 11.0. The maximum absolute atomic E-state index is 11.8. The summed E-state index contributed by atoms with van der Waals surface area (Å²) in [6.07, 6.45) is -0.213. The lowest BCUT2D eigenvalue weighted by molar-refractivity contribution is -0.136. The molecule has 0 radical (unpaired) electrons. The van der Waals surface area contributed by atoms with Gasteiger partial charge in [0, 0.05) is 6.54 Å². The number of hydrogen-bond donors (Lipinski definition) is 4. The first-order valence-electron chi connectivity index (χ1n) is 6.02. The van der Waals surface area contributed by atoms with Crippen LogP contribution in [0, 0.1) is 6.92 Å². The van der Waals surface area contributed by atoms with E-state index in [0.29, 0.717) is 5.56 Å². The number of carboxylic acids is 1. The molecule has 0 aliphatic carbocycles. The summed E-state index contributed by atoms with van der Waals surface area (Å²) in [6, 6.07) is 1.39.